The van der Waals surface area contributed by atoms with E-state index >= 15 is 0 Å². The Labute approximate surface area is 127 Å². The first-order valence-electron chi connectivity index (χ1n) is 6.09. The van der Waals surface area contributed by atoms with Crippen LogP contribution < -0.4 is 4.90 Å². The molecule has 0 heterocycles. The molecule has 98 valence electrons. The molecule has 0 aliphatic heterocycles. The monoisotopic (exact) mass is 365 g/mol. The van der Waals surface area contributed by atoms with Crippen molar-refractivity contribution in [2.75, 3.05) is 11.9 Å². The average Bonchev–Trinajstić information content (AvgIpc) is 2.36. The number of amides is 1. The molecule has 19 heavy (non-hydrogen) atoms. The maximum absolute atomic E-state index is 12.4. The minimum atomic E-state index is 0.0171. The van der Waals surface area contributed by atoms with E-state index in [1.165, 1.54) is 0 Å². The predicted molar refractivity (Wildman–Crippen MR) is 87.8 cm³/mol. The van der Waals surface area contributed by atoms with Gasteiger partial charge in [-0.15, -0.1) is 0 Å². The van der Waals surface area contributed by atoms with E-state index in [-0.39, 0.29) is 5.91 Å². The van der Waals surface area contributed by atoms with Crippen LogP contribution in [0.15, 0.2) is 42.5 Å². The Morgan fingerprint density at radius 2 is 1.68 bits per heavy atom. The standard InChI is InChI=1S/C16H16INO/c1-11-7-12(2)9-15(8-11)18(3)16(19)13-5-4-6-14(17)10-13/h4-10H,1-3H3. The van der Waals surface area contributed by atoms with Gasteiger partial charge in [-0.05, 0) is 77.9 Å². The largest absolute Gasteiger partial charge is 0.311 e. The van der Waals surface area contributed by atoms with E-state index in [2.05, 4.69) is 28.7 Å². The summed E-state index contributed by atoms with van der Waals surface area (Å²) in [5.41, 5.74) is 3.98. The number of nitrogens with zero attached hydrogens (tertiary/aromatic N) is 1. The Kier molecular flexibility index (Phi) is 4.24. The molecule has 0 aliphatic rings. The first-order chi connectivity index (χ1) is 8.97. The molecule has 0 fully saturated rings. The minimum Gasteiger partial charge on any atom is -0.311 e. The highest BCUT2D eigenvalue weighted by Crippen LogP contribution is 2.20. The van der Waals surface area contributed by atoms with Crippen molar-refractivity contribution in [3.05, 3.63) is 62.7 Å². The van der Waals surface area contributed by atoms with Crippen LogP contribution in [0.25, 0.3) is 0 Å². The average molecular weight is 365 g/mol. The van der Waals surface area contributed by atoms with Crippen LogP contribution in [0, 0.1) is 17.4 Å². The molecule has 0 saturated carbocycles. The highest BCUT2D eigenvalue weighted by atomic mass is 127. The maximum atomic E-state index is 12.4. The summed E-state index contributed by atoms with van der Waals surface area (Å²) in [6, 6.07) is 13.8. The van der Waals surface area contributed by atoms with Gasteiger partial charge in [-0.25, -0.2) is 0 Å². The molecule has 0 aliphatic carbocycles. The Balaban J connectivity index is 2.33. The predicted octanol–water partition coefficient (Wildman–Crippen LogP) is 4.18. The summed E-state index contributed by atoms with van der Waals surface area (Å²) >= 11 is 2.22. The Morgan fingerprint density at radius 1 is 1.05 bits per heavy atom. The van der Waals surface area contributed by atoms with Crippen molar-refractivity contribution >= 4 is 34.2 Å². The quantitative estimate of drug-likeness (QED) is 0.731. The van der Waals surface area contributed by atoms with Crippen LogP contribution in [0.4, 0.5) is 5.69 Å². The minimum absolute atomic E-state index is 0.0171. The van der Waals surface area contributed by atoms with Gasteiger partial charge < -0.3 is 4.90 Å². The molecule has 0 N–H and O–H groups in total. The number of carbonyl (C=O) groups excluding carboxylic acids is 1. The van der Waals surface area contributed by atoms with Gasteiger partial charge in [0.2, 0.25) is 0 Å². The van der Waals surface area contributed by atoms with E-state index in [0.29, 0.717) is 5.56 Å². The third-order valence-electron chi connectivity index (χ3n) is 2.97. The molecule has 0 spiro atoms. The molecule has 0 aromatic heterocycles. The molecule has 1 amide bonds. The lowest BCUT2D eigenvalue weighted by Gasteiger charge is -2.18. The fraction of sp³-hybridized carbons (Fsp3) is 0.188. The van der Waals surface area contributed by atoms with Crippen LogP contribution in [0.3, 0.4) is 0 Å². The zero-order chi connectivity index (χ0) is 14.0. The Morgan fingerprint density at radius 3 is 2.26 bits per heavy atom. The van der Waals surface area contributed by atoms with Gasteiger partial charge in [-0.3, -0.25) is 4.79 Å². The van der Waals surface area contributed by atoms with Gasteiger partial charge in [0.15, 0.2) is 0 Å². The van der Waals surface area contributed by atoms with Gasteiger partial charge in [0.05, 0.1) is 0 Å². The Hall–Kier alpha value is -1.36. The summed E-state index contributed by atoms with van der Waals surface area (Å²) < 4.78 is 1.07. The third kappa shape index (κ3) is 3.35. The summed E-state index contributed by atoms with van der Waals surface area (Å²) in [6.07, 6.45) is 0. The van der Waals surface area contributed by atoms with Gasteiger partial charge >= 0.3 is 0 Å². The van der Waals surface area contributed by atoms with Gasteiger partial charge in [-0.2, -0.15) is 0 Å². The van der Waals surface area contributed by atoms with E-state index in [9.17, 15) is 4.79 Å². The van der Waals surface area contributed by atoms with Crippen molar-refractivity contribution in [3.8, 4) is 0 Å². The van der Waals surface area contributed by atoms with Crippen LogP contribution in [0.2, 0.25) is 0 Å². The SMILES string of the molecule is Cc1cc(C)cc(N(C)C(=O)c2cccc(I)c2)c1. The van der Waals surface area contributed by atoms with E-state index in [1.54, 1.807) is 4.90 Å². The lowest BCUT2D eigenvalue weighted by Crippen LogP contribution is -2.26. The molecule has 0 saturated heterocycles. The number of benzene rings is 2. The normalized spacial score (nSPS) is 10.3. The topological polar surface area (TPSA) is 20.3 Å². The highest BCUT2D eigenvalue weighted by Gasteiger charge is 2.14. The number of aryl methyl sites for hydroxylation is 2. The molecule has 2 aromatic carbocycles. The van der Waals surface area contributed by atoms with Gasteiger partial charge in [0, 0.05) is 21.9 Å². The molecule has 0 atom stereocenters. The molecular weight excluding hydrogens is 349 g/mol. The van der Waals surface area contributed by atoms with Crippen molar-refractivity contribution in [2.24, 2.45) is 0 Å². The van der Waals surface area contributed by atoms with Crippen molar-refractivity contribution in [2.45, 2.75) is 13.8 Å². The summed E-state index contributed by atoms with van der Waals surface area (Å²) in [7, 11) is 1.82. The number of hydrogen-bond donors (Lipinski definition) is 0. The van der Waals surface area contributed by atoms with Crippen LogP contribution in [-0.2, 0) is 0 Å². The maximum Gasteiger partial charge on any atom is 0.258 e. The van der Waals surface area contributed by atoms with Gasteiger partial charge in [-0.1, -0.05) is 12.1 Å². The van der Waals surface area contributed by atoms with E-state index in [4.69, 9.17) is 0 Å². The molecule has 3 heteroatoms. The van der Waals surface area contributed by atoms with Crippen LogP contribution in [0.5, 0.6) is 0 Å². The fourth-order valence-electron chi connectivity index (χ4n) is 2.08. The van der Waals surface area contributed by atoms with Crippen molar-refractivity contribution < 1.29 is 4.79 Å². The molecule has 0 bridgehead atoms. The summed E-state index contributed by atoms with van der Waals surface area (Å²) in [4.78, 5) is 14.1. The first kappa shape index (κ1) is 14.1. The van der Waals surface area contributed by atoms with Crippen LogP contribution >= 0.6 is 22.6 Å². The smallest absolute Gasteiger partial charge is 0.258 e. The number of anilines is 1. The molecular formula is C16H16INO. The van der Waals surface area contributed by atoms with Crippen molar-refractivity contribution in [3.63, 3.8) is 0 Å². The lowest BCUT2D eigenvalue weighted by atomic mass is 10.1. The first-order valence-corrected chi connectivity index (χ1v) is 7.17. The zero-order valence-corrected chi connectivity index (χ0v) is 13.4. The molecule has 2 rings (SSSR count). The molecule has 2 aromatic rings. The summed E-state index contributed by atoms with van der Waals surface area (Å²) in [5.74, 6) is 0.0171. The summed E-state index contributed by atoms with van der Waals surface area (Å²) in [5, 5.41) is 0. The molecule has 0 unspecified atom stereocenters. The van der Waals surface area contributed by atoms with Gasteiger partial charge in [0.25, 0.3) is 5.91 Å². The van der Waals surface area contributed by atoms with Crippen LogP contribution in [-0.4, -0.2) is 13.0 Å². The van der Waals surface area contributed by atoms with Crippen molar-refractivity contribution in [1.82, 2.24) is 0 Å². The van der Waals surface area contributed by atoms with E-state index in [1.807, 2.05) is 57.3 Å². The van der Waals surface area contributed by atoms with E-state index < -0.39 is 0 Å². The molecule has 0 radical (unpaired) electrons. The second-order valence-corrected chi connectivity index (χ2v) is 5.97. The van der Waals surface area contributed by atoms with Gasteiger partial charge in [0.1, 0.15) is 0 Å². The third-order valence-corrected chi connectivity index (χ3v) is 3.64. The number of hydrogen-bond acceptors (Lipinski definition) is 1. The van der Waals surface area contributed by atoms with E-state index in [0.717, 1.165) is 20.4 Å². The second-order valence-electron chi connectivity index (χ2n) is 4.72. The Bertz CT molecular complexity index is 602. The number of rotatable bonds is 2. The number of halogens is 1. The lowest BCUT2D eigenvalue weighted by molar-refractivity contribution is 0.0993. The fourth-order valence-corrected chi connectivity index (χ4v) is 2.62. The number of carbonyl (C=O) groups is 1. The highest BCUT2D eigenvalue weighted by molar-refractivity contribution is 14.1. The van der Waals surface area contributed by atoms with Crippen molar-refractivity contribution in [1.29, 1.82) is 0 Å². The summed E-state index contributed by atoms with van der Waals surface area (Å²) in [6.45, 7) is 4.08. The molecule has 2 nitrogen and oxygen atoms in total. The zero-order valence-electron chi connectivity index (χ0n) is 11.3. The van der Waals surface area contributed by atoms with Crippen LogP contribution in [0.1, 0.15) is 21.5 Å². The second kappa shape index (κ2) is 5.74.